The van der Waals surface area contributed by atoms with Crippen molar-refractivity contribution < 1.29 is 4.79 Å². The van der Waals surface area contributed by atoms with Gasteiger partial charge in [0.1, 0.15) is 0 Å². The van der Waals surface area contributed by atoms with Gasteiger partial charge in [-0.1, -0.05) is 52.3 Å². The Morgan fingerprint density at radius 1 is 1.17 bits per heavy atom. The first-order chi connectivity index (χ1) is 11.1. The van der Waals surface area contributed by atoms with Crippen molar-refractivity contribution in [2.24, 2.45) is 5.84 Å². The number of nitrogens with one attached hydrogen (secondary N) is 1. The molecule has 0 aliphatic rings. The zero-order valence-corrected chi connectivity index (χ0v) is 14.4. The number of carbonyl (C=O) groups is 1. The van der Waals surface area contributed by atoms with Crippen molar-refractivity contribution >= 4 is 32.7 Å². The molecule has 3 rings (SSSR count). The summed E-state index contributed by atoms with van der Waals surface area (Å²) in [6.07, 6.45) is 0.267. The highest BCUT2D eigenvalue weighted by molar-refractivity contribution is 9.10. The Balaban J connectivity index is 2.16. The molecule has 3 N–H and O–H groups in total. The number of benzene rings is 2. The smallest absolute Gasteiger partial charge is 0.238 e. The summed E-state index contributed by atoms with van der Waals surface area (Å²) in [5.74, 6) is 5.07. The summed E-state index contributed by atoms with van der Waals surface area (Å²) in [6.45, 7) is 2.82. The van der Waals surface area contributed by atoms with Crippen LogP contribution in [-0.4, -0.2) is 10.5 Å². The molecule has 0 bridgehead atoms. The molecule has 0 unspecified atom stereocenters. The fourth-order valence-electron chi connectivity index (χ4n) is 2.96. The number of hydrazine groups is 1. The summed E-state index contributed by atoms with van der Waals surface area (Å²) in [6, 6.07) is 16.4. The van der Waals surface area contributed by atoms with E-state index in [4.69, 9.17) is 5.84 Å². The van der Waals surface area contributed by atoms with E-state index in [2.05, 4.69) is 51.0 Å². The summed E-state index contributed by atoms with van der Waals surface area (Å²) < 4.78 is 3.24. The minimum atomic E-state index is -0.192. The first-order valence-electron chi connectivity index (χ1n) is 7.41. The van der Waals surface area contributed by atoms with Gasteiger partial charge in [-0.2, -0.15) is 0 Å². The molecule has 4 nitrogen and oxygen atoms in total. The highest BCUT2D eigenvalue weighted by Crippen LogP contribution is 2.33. The fraction of sp³-hybridized carbons (Fsp3) is 0.167. The van der Waals surface area contributed by atoms with Gasteiger partial charge >= 0.3 is 0 Å². The van der Waals surface area contributed by atoms with Crippen LogP contribution in [0.1, 0.15) is 16.8 Å². The van der Waals surface area contributed by atoms with E-state index in [1.807, 2.05) is 30.3 Å². The Labute approximate surface area is 143 Å². The summed E-state index contributed by atoms with van der Waals surface area (Å²) in [5, 5.41) is 1.07. The first kappa shape index (κ1) is 15.8. The van der Waals surface area contributed by atoms with Gasteiger partial charge in [0, 0.05) is 27.6 Å². The van der Waals surface area contributed by atoms with E-state index in [-0.39, 0.29) is 12.3 Å². The normalized spacial score (nSPS) is 10.9. The van der Waals surface area contributed by atoms with Crippen molar-refractivity contribution in [3.63, 3.8) is 0 Å². The van der Waals surface area contributed by atoms with Gasteiger partial charge in [-0.05, 0) is 30.2 Å². The minimum absolute atomic E-state index is 0.192. The van der Waals surface area contributed by atoms with Gasteiger partial charge in [-0.3, -0.25) is 10.2 Å². The van der Waals surface area contributed by atoms with Crippen LogP contribution in [0.25, 0.3) is 10.9 Å². The van der Waals surface area contributed by atoms with E-state index in [0.29, 0.717) is 0 Å². The van der Waals surface area contributed by atoms with Crippen molar-refractivity contribution in [3.05, 3.63) is 69.8 Å². The van der Waals surface area contributed by atoms with Crippen LogP contribution in [0.4, 0.5) is 0 Å². The van der Waals surface area contributed by atoms with Crippen LogP contribution in [0.2, 0.25) is 0 Å². The number of rotatable bonds is 4. The van der Waals surface area contributed by atoms with Crippen LogP contribution < -0.4 is 11.3 Å². The fourth-order valence-corrected chi connectivity index (χ4v) is 3.55. The highest BCUT2D eigenvalue weighted by Gasteiger charge is 2.18. The van der Waals surface area contributed by atoms with Crippen molar-refractivity contribution in [1.82, 2.24) is 9.99 Å². The lowest BCUT2D eigenvalue weighted by Gasteiger charge is -2.09. The zero-order chi connectivity index (χ0) is 16.4. The molecule has 0 radical (unpaired) electrons. The van der Waals surface area contributed by atoms with Gasteiger partial charge in [-0.15, -0.1) is 0 Å². The van der Waals surface area contributed by atoms with E-state index >= 15 is 0 Å². The maximum atomic E-state index is 11.8. The number of nitrogens with zero attached hydrogens (tertiary/aromatic N) is 1. The Morgan fingerprint density at radius 3 is 2.61 bits per heavy atom. The molecule has 5 heteroatoms. The average molecular weight is 372 g/mol. The third-order valence-corrected chi connectivity index (χ3v) is 4.77. The number of aromatic nitrogens is 1. The molecular formula is C18H18BrN3O. The predicted octanol–water partition coefficient (Wildman–Crippen LogP) is 3.29. The lowest BCUT2D eigenvalue weighted by atomic mass is 10.1. The lowest BCUT2D eigenvalue weighted by Crippen LogP contribution is -2.31. The topological polar surface area (TPSA) is 60.1 Å². The van der Waals surface area contributed by atoms with Crippen molar-refractivity contribution in [2.75, 3.05) is 0 Å². The quantitative estimate of drug-likeness (QED) is 0.420. The molecule has 0 aliphatic carbocycles. The number of nitrogens with two attached hydrogens (primary N) is 1. The van der Waals surface area contributed by atoms with Crippen LogP contribution in [-0.2, 0) is 17.8 Å². The van der Waals surface area contributed by atoms with Crippen LogP contribution >= 0.6 is 15.9 Å². The number of carbonyl (C=O) groups excluding carboxylic acids is 1. The summed E-state index contributed by atoms with van der Waals surface area (Å²) in [5.41, 5.74) is 6.64. The average Bonchev–Trinajstić information content (AvgIpc) is 2.82. The third-order valence-electron chi connectivity index (χ3n) is 4.11. The summed E-state index contributed by atoms with van der Waals surface area (Å²) in [4.78, 5) is 11.8. The van der Waals surface area contributed by atoms with E-state index in [1.165, 1.54) is 5.56 Å². The predicted molar refractivity (Wildman–Crippen MR) is 96.0 cm³/mol. The summed E-state index contributed by atoms with van der Waals surface area (Å²) in [7, 11) is 0. The van der Waals surface area contributed by atoms with E-state index in [9.17, 15) is 4.79 Å². The first-order valence-corrected chi connectivity index (χ1v) is 8.20. The minimum Gasteiger partial charge on any atom is -0.340 e. The molecule has 0 fully saturated rings. The maximum Gasteiger partial charge on any atom is 0.238 e. The maximum absolute atomic E-state index is 11.8. The Kier molecular flexibility index (Phi) is 4.50. The zero-order valence-electron chi connectivity index (χ0n) is 12.8. The van der Waals surface area contributed by atoms with Crippen LogP contribution in [0.5, 0.6) is 0 Å². The van der Waals surface area contributed by atoms with Crippen molar-refractivity contribution in [3.8, 4) is 0 Å². The molecule has 23 heavy (non-hydrogen) atoms. The molecule has 0 atom stereocenters. The molecule has 0 saturated carbocycles. The largest absolute Gasteiger partial charge is 0.340 e. The van der Waals surface area contributed by atoms with E-state index in [0.717, 1.165) is 33.2 Å². The third kappa shape index (κ3) is 3.02. The molecule has 0 spiro atoms. The molecule has 0 saturated heterocycles. The second-order valence-corrected chi connectivity index (χ2v) is 6.37. The van der Waals surface area contributed by atoms with E-state index in [1.54, 1.807) is 0 Å². The SMILES string of the molecule is Cc1c(CC(=O)NN)c2c(Br)cccc2n1Cc1ccccc1. The Hall–Kier alpha value is -2.11. The van der Waals surface area contributed by atoms with Crippen molar-refractivity contribution in [1.29, 1.82) is 0 Å². The highest BCUT2D eigenvalue weighted by atomic mass is 79.9. The Bertz CT molecular complexity index is 856. The van der Waals surface area contributed by atoms with Gasteiger partial charge in [0.2, 0.25) is 5.91 Å². The van der Waals surface area contributed by atoms with Gasteiger partial charge < -0.3 is 4.57 Å². The number of fused-ring (bicyclic) bond motifs is 1. The molecule has 3 aromatic rings. The molecule has 1 aromatic heterocycles. The second kappa shape index (κ2) is 6.56. The second-order valence-electron chi connectivity index (χ2n) is 5.51. The molecule has 1 amide bonds. The van der Waals surface area contributed by atoms with Gasteiger partial charge in [0.15, 0.2) is 0 Å². The van der Waals surface area contributed by atoms with Crippen LogP contribution in [0.15, 0.2) is 53.0 Å². The van der Waals surface area contributed by atoms with Gasteiger partial charge in [-0.25, -0.2) is 5.84 Å². The standard InChI is InChI=1S/C18H18BrN3O/c1-12-14(10-17(23)21-20)18-15(19)8-5-9-16(18)22(12)11-13-6-3-2-4-7-13/h2-9H,10-11,20H2,1H3,(H,21,23). The number of hydrogen-bond acceptors (Lipinski definition) is 2. The van der Waals surface area contributed by atoms with E-state index < -0.39 is 0 Å². The molecule has 0 aliphatic heterocycles. The van der Waals surface area contributed by atoms with Crippen LogP contribution in [0.3, 0.4) is 0 Å². The molecule has 118 valence electrons. The molecule has 1 heterocycles. The number of halogens is 1. The van der Waals surface area contributed by atoms with Crippen molar-refractivity contribution in [2.45, 2.75) is 19.9 Å². The lowest BCUT2D eigenvalue weighted by molar-refractivity contribution is -0.120. The van der Waals surface area contributed by atoms with Crippen LogP contribution in [0, 0.1) is 6.92 Å². The molecule has 2 aromatic carbocycles. The number of amides is 1. The molecular weight excluding hydrogens is 354 g/mol. The van der Waals surface area contributed by atoms with Gasteiger partial charge in [0.25, 0.3) is 0 Å². The summed E-state index contributed by atoms with van der Waals surface area (Å²) >= 11 is 3.62. The van der Waals surface area contributed by atoms with Gasteiger partial charge in [0.05, 0.1) is 6.42 Å². The Morgan fingerprint density at radius 2 is 1.91 bits per heavy atom. The number of hydrogen-bond donors (Lipinski definition) is 2. The monoisotopic (exact) mass is 371 g/mol.